The van der Waals surface area contributed by atoms with E-state index >= 15 is 0 Å². The molecule has 1 fully saturated rings. The van der Waals surface area contributed by atoms with Gasteiger partial charge in [-0.1, -0.05) is 18.6 Å². The molecular weight excluding hydrogens is 285 g/mol. The summed E-state index contributed by atoms with van der Waals surface area (Å²) in [7, 11) is 0. The van der Waals surface area contributed by atoms with Crippen LogP contribution in [0.25, 0.3) is 0 Å². The minimum Gasteiger partial charge on any atom is -0.454 e. The lowest BCUT2D eigenvalue weighted by Gasteiger charge is -2.37. The highest BCUT2D eigenvalue weighted by molar-refractivity contribution is 5.67. The highest BCUT2D eigenvalue weighted by Gasteiger charge is 2.37. The monoisotopic (exact) mass is 302 g/mol. The maximum Gasteiger partial charge on any atom is 0.573 e. The van der Waals surface area contributed by atoms with Crippen LogP contribution in [0.5, 0.6) is 5.75 Å². The Hall–Kier alpha value is -1.72. The van der Waals surface area contributed by atoms with Gasteiger partial charge < -0.3 is 9.47 Å². The number of carbonyl (C=O) groups excluding carboxylic acids is 1. The van der Waals surface area contributed by atoms with E-state index in [9.17, 15) is 18.0 Å². The Labute approximate surface area is 121 Å². The van der Waals surface area contributed by atoms with Crippen LogP contribution in [0.1, 0.15) is 44.6 Å². The topological polar surface area (TPSA) is 35.5 Å². The molecule has 0 bridgehead atoms. The highest BCUT2D eigenvalue weighted by atomic mass is 19.4. The summed E-state index contributed by atoms with van der Waals surface area (Å²) in [4.78, 5) is 11.3. The number of esters is 1. The molecule has 0 amide bonds. The third-order valence-electron chi connectivity index (χ3n) is 3.61. The minimum absolute atomic E-state index is 0.278. The van der Waals surface area contributed by atoms with Crippen LogP contribution in [0.3, 0.4) is 0 Å². The molecule has 0 radical (unpaired) electrons. The van der Waals surface area contributed by atoms with Gasteiger partial charge in [-0.25, -0.2) is 0 Å². The molecule has 6 heteroatoms. The Bertz CT molecular complexity index is 488. The summed E-state index contributed by atoms with van der Waals surface area (Å²) >= 11 is 0. The SMILES string of the molecule is CC(=O)OC1(c2ccc(OC(F)(F)F)cc2)CCCCC1. The first kappa shape index (κ1) is 15.7. The smallest absolute Gasteiger partial charge is 0.454 e. The second-order valence-corrected chi connectivity index (χ2v) is 5.22. The fraction of sp³-hybridized carbons (Fsp3) is 0.533. The highest BCUT2D eigenvalue weighted by Crippen LogP contribution is 2.41. The number of hydrogen-bond donors (Lipinski definition) is 0. The van der Waals surface area contributed by atoms with Crippen molar-refractivity contribution in [2.45, 2.75) is 51.0 Å². The van der Waals surface area contributed by atoms with E-state index in [4.69, 9.17) is 4.74 Å². The third-order valence-corrected chi connectivity index (χ3v) is 3.61. The summed E-state index contributed by atoms with van der Waals surface area (Å²) < 4.78 is 45.8. The van der Waals surface area contributed by atoms with Crippen molar-refractivity contribution in [2.24, 2.45) is 0 Å². The maximum absolute atomic E-state index is 12.2. The molecule has 116 valence electrons. The first-order valence-corrected chi connectivity index (χ1v) is 6.87. The van der Waals surface area contributed by atoms with Gasteiger partial charge in [-0.2, -0.15) is 0 Å². The van der Waals surface area contributed by atoms with Crippen molar-refractivity contribution < 1.29 is 27.4 Å². The number of rotatable bonds is 3. The standard InChI is InChI=1S/C15H17F3O3/c1-11(19)20-14(9-3-2-4-10-14)12-5-7-13(8-6-12)21-15(16,17)18/h5-8H,2-4,9-10H2,1H3. The molecule has 1 aliphatic rings. The van der Waals surface area contributed by atoms with Gasteiger partial charge in [0, 0.05) is 6.92 Å². The Morgan fingerprint density at radius 2 is 1.67 bits per heavy atom. The lowest BCUT2D eigenvalue weighted by atomic mass is 9.79. The minimum atomic E-state index is -4.71. The van der Waals surface area contributed by atoms with E-state index in [2.05, 4.69) is 4.74 Å². The van der Waals surface area contributed by atoms with Crippen LogP contribution >= 0.6 is 0 Å². The second kappa shape index (κ2) is 5.95. The van der Waals surface area contributed by atoms with Crippen LogP contribution in [-0.4, -0.2) is 12.3 Å². The molecule has 1 aromatic carbocycles. The average Bonchev–Trinajstić information content (AvgIpc) is 2.38. The van der Waals surface area contributed by atoms with Gasteiger partial charge in [0.1, 0.15) is 11.4 Å². The molecule has 0 unspecified atom stereocenters. The molecule has 1 aliphatic carbocycles. The zero-order valence-electron chi connectivity index (χ0n) is 11.7. The van der Waals surface area contributed by atoms with E-state index in [0.717, 1.165) is 19.3 Å². The summed E-state index contributed by atoms with van der Waals surface area (Å²) in [5.41, 5.74) is -0.00664. The Kier molecular flexibility index (Phi) is 4.44. The van der Waals surface area contributed by atoms with Crippen molar-refractivity contribution >= 4 is 5.97 Å². The Morgan fingerprint density at radius 3 is 2.14 bits per heavy atom. The summed E-state index contributed by atoms with van der Waals surface area (Å²) in [6.45, 7) is 1.34. The van der Waals surface area contributed by atoms with Crippen molar-refractivity contribution in [3.05, 3.63) is 29.8 Å². The van der Waals surface area contributed by atoms with Crippen LogP contribution < -0.4 is 4.74 Å². The number of alkyl halides is 3. The zero-order valence-corrected chi connectivity index (χ0v) is 11.7. The molecular formula is C15H17F3O3. The van der Waals surface area contributed by atoms with E-state index in [1.54, 1.807) is 0 Å². The number of ether oxygens (including phenoxy) is 2. The quantitative estimate of drug-likeness (QED) is 0.781. The number of hydrogen-bond acceptors (Lipinski definition) is 3. The van der Waals surface area contributed by atoms with Gasteiger partial charge in [0.25, 0.3) is 0 Å². The van der Waals surface area contributed by atoms with E-state index in [0.29, 0.717) is 18.4 Å². The van der Waals surface area contributed by atoms with E-state index in [1.807, 2.05) is 0 Å². The van der Waals surface area contributed by atoms with Gasteiger partial charge in [-0.15, -0.1) is 13.2 Å². The third kappa shape index (κ3) is 4.12. The molecule has 3 nitrogen and oxygen atoms in total. The van der Waals surface area contributed by atoms with Gasteiger partial charge in [0.05, 0.1) is 0 Å². The van der Waals surface area contributed by atoms with E-state index < -0.39 is 12.0 Å². The molecule has 1 saturated carbocycles. The van der Waals surface area contributed by atoms with Gasteiger partial charge in [-0.3, -0.25) is 4.79 Å². The summed E-state index contributed by atoms with van der Waals surface area (Å²) in [5.74, 6) is -0.660. The number of halogens is 3. The normalized spacial score (nSPS) is 18.1. The van der Waals surface area contributed by atoms with Gasteiger partial charge in [-0.05, 0) is 43.4 Å². The lowest BCUT2D eigenvalue weighted by Crippen LogP contribution is -2.34. The number of carbonyl (C=O) groups is 1. The van der Waals surface area contributed by atoms with E-state index in [-0.39, 0.29) is 11.7 Å². The fourth-order valence-corrected chi connectivity index (χ4v) is 2.81. The molecule has 0 aromatic heterocycles. The second-order valence-electron chi connectivity index (χ2n) is 5.22. The summed E-state index contributed by atoms with van der Waals surface area (Å²) in [6, 6.07) is 5.58. The number of benzene rings is 1. The average molecular weight is 302 g/mol. The van der Waals surface area contributed by atoms with Crippen LogP contribution in [0.4, 0.5) is 13.2 Å². The lowest BCUT2D eigenvalue weighted by molar-refractivity contribution is -0.274. The van der Waals surface area contributed by atoms with Crippen molar-refractivity contribution in [1.29, 1.82) is 0 Å². The predicted molar refractivity (Wildman–Crippen MR) is 69.7 cm³/mol. The predicted octanol–water partition coefficient (Wildman–Crippen LogP) is 4.31. The largest absolute Gasteiger partial charge is 0.573 e. The molecule has 0 N–H and O–H groups in total. The van der Waals surface area contributed by atoms with Crippen LogP contribution in [0.15, 0.2) is 24.3 Å². The zero-order chi connectivity index (χ0) is 15.5. The van der Waals surface area contributed by atoms with Gasteiger partial charge >= 0.3 is 12.3 Å². The van der Waals surface area contributed by atoms with Crippen LogP contribution in [0.2, 0.25) is 0 Å². The molecule has 0 atom stereocenters. The van der Waals surface area contributed by atoms with Crippen molar-refractivity contribution in [1.82, 2.24) is 0 Å². The summed E-state index contributed by atoms with van der Waals surface area (Å²) in [5, 5.41) is 0. The van der Waals surface area contributed by atoms with E-state index in [1.165, 1.54) is 31.2 Å². The maximum atomic E-state index is 12.2. The molecule has 2 rings (SSSR count). The Balaban J connectivity index is 2.22. The van der Waals surface area contributed by atoms with Gasteiger partial charge in [0.2, 0.25) is 0 Å². The molecule has 21 heavy (non-hydrogen) atoms. The first-order chi connectivity index (χ1) is 9.81. The van der Waals surface area contributed by atoms with Crippen molar-refractivity contribution in [3.63, 3.8) is 0 Å². The molecule has 0 aliphatic heterocycles. The first-order valence-electron chi connectivity index (χ1n) is 6.87. The summed E-state index contributed by atoms with van der Waals surface area (Å²) in [6.07, 6.45) is -0.418. The molecule has 1 aromatic rings. The Morgan fingerprint density at radius 1 is 1.10 bits per heavy atom. The molecule has 0 spiro atoms. The van der Waals surface area contributed by atoms with Crippen molar-refractivity contribution in [2.75, 3.05) is 0 Å². The molecule has 0 saturated heterocycles. The van der Waals surface area contributed by atoms with Crippen molar-refractivity contribution in [3.8, 4) is 5.75 Å². The van der Waals surface area contributed by atoms with Crippen LogP contribution in [0, 0.1) is 0 Å². The molecule has 0 heterocycles. The fourth-order valence-electron chi connectivity index (χ4n) is 2.81. The van der Waals surface area contributed by atoms with Gasteiger partial charge in [0.15, 0.2) is 0 Å². The van der Waals surface area contributed by atoms with Crippen LogP contribution in [-0.2, 0) is 15.1 Å².